The second kappa shape index (κ2) is 2.35. The molecule has 2 aromatic heterocycles. The van der Waals surface area contributed by atoms with Crippen LogP contribution in [0.25, 0.3) is 16.8 Å². The number of fused-ring (bicyclic) bond motifs is 3. The third kappa shape index (κ3) is 0.862. The summed E-state index contributed by atoms with van der Waals surface area (Å²) in [7, 11) is 0. The first-order valence-electron chi connectivity index (χ1n) is 3.96. The Balaban J connectivity index is 2.66. The van der Waals surface area contributed by atoms with Crippen LogP contribution in [0.2, 0.25) is 0 Å². The van der Waals surface area contributed by atoms with E-state index in [4.69, 9.17) is 0 Å². The van der Waals surface area contributed by atoms with E-state index in [9.17, 15) is 0 Å². The van der Waals surface area contributed by atoms with Crippen LogP contribution in [0.5, 0.6) is 0 Å². The van der Waals surface area contributed by atoms with E-state index in [1.165, 1.54) is 0 Å². The molecule has 0 fully saturated rings. The van der Waals surface area contributed by atoms with Gasteiger partial charge >= 0.3 is 0 Å². The highest BCUT2D eigenvalue weighted by atomic mass is 79.9. The zero-order valence-corrected chi connectivity index (χ0v) is 8.25. The molecule has 0 aliphatic rings. The van der Waals surface area contributed by atoms with Gasteiger partial charge in [-0.15, -0.1) is 0 Å². The summed E-state index contributed by atoms with van der Waals surface area (Å²) in [5, 5.41) is 0. The van der Waals surface area contributed by atoms with Gasteiger partial charge in [0, 0.05) is 0 Å². The Hall–Kier alpha value is -1.29. The molecule has 0 aliphatic carbocycles. The van der Waals surface area contributed by atoms with Crippen molar-refractivity contribution in [1.29, 1.82) is 0 Å². The molecule has 1 N–H and O–H groups in total. The van der Waals surface area contributed by atoms with Gasteiger partial charge < -0.3 is 4.98 Å². The topological polar surface area (TPSA) is 33.1 Å². The second-order valence-electron chi connectivity index (χ2n) is 2.88. The maximum Gasteiger partial charge on any atom is 0.213 e. The summed E-state index contributed by atoms with van der Waals surface area (Å²) < 4.78 is 3.01. The summed E-state index contributed by atoms with van der Waals surface area (Å²) in [6.45, 7) is 0. The lowest BCUT2D eigenvalue weighted by atomic mass is 10.3. The highest BCUT2D eigenvalue weighted by Gasteiger charge is 2.06. The molecule has 0 bridgehead atoms. The number of aromatic nitrogens is 3. The highest BCUT2D eigenvalue weighted by Crippen LogP contribution is 2.20. The fraction of sp³-hybridized carbons (Fsp3) is 0. The summed E-state index contributed by atoms with van der Waals surface area (Å²) in [4.78, 5) is 7.44. The molecule has 0 spiro atoms. The van der Waals surface area contributed by atoms with Crippen molar-refractivity contribution in [3.63, 3.8) is 0 Å². The van der Waals surface area contributed by atoms with Crippen molar-refractivity contribution in [1.82, 2.24) is 14.4 Å². The average molecular weight is 236 g/mol. The lowest BCUT2D eigenvalue weighted by molar-refractivity contribution is 1.22. The zero-order chi connectivity index (χ0) is 8.84. The molecule has 1 aromatic carbocycles. The molecule has 13 heavy (non-hydrogen) atoms. The summed E-state index contributed by atoms with van der Waals surface area (Å²) >= 11 is 3.45. The molecule has 0 saturated carbocycles. The number of imidazole rings is 2. The molecule has 4 heteroatoms. The Morgan fingerprint density at radius 1 is 1.31 bits per heavy atom. The van der Waals surface area contributed by atoms with E-state index < -0.39 is 0 Å². The smallest absolute Gasteiger partial charge is 0.213 e. The standard InChI is InChI=1S/C9H6BrN3/c10-8-5-11-9-12-6-3-1-2-4-7(6)13(8)9/h1-5H,(H,11,12). The van der Waals surface area contributed by atoms with E-state index in [0.29, 0.717) is 0 Å². The van der Waals surface area contributed by atoms with Gasteiger partial charge in [0.05, 0.1) is 17.2 Å². The van der Waals surface area contributed by atoms with Crippen LogP contribution in [-0.4, -0.2) is 14.4 Å². The van der Waals surface area contributed by atoms with Gasteiger partial charge in [-0.3, -0.25) is 4.40 Å². The van der Waals surface area contributed by atoms with Gasteiger partial charge in [-0.2, -0.15) is 0 Å². The molecule has 0 amide bonds. The van der Waals surface area contributed by atoms with Gasteiger partial charge in [0.1, 0.15) is 4.60 Å². The van der Waals surface area contributed by atoms with Gasteiger partial charge in [-0.05, 0) is 28.1 Å². The number of nitrogens with one attached hydrogen (secondary N) is 1. The van der Waals surface area contributed by atoms with E-state index in [1.54, 1.807) is 6.20 Å². The van der Waals surface area contributed by atoms with Crippen LogP contribution in [-0.2, 0) is 0 Å². The Morgan fingerprint density at radius 2 is 2.15 bits per heavy atom. The lowest BCUT2D eigenvalue weighted by Gasteiger charge is -1.89. The van der Waals surface area contributed by atoms with Gasteiger partial charge in [0.2, 0.25) is 5.78 Å². The number of H-pyrrole nitrogens is 1. The van der Waals surface area contributed by atoms with Crippen LogP contribution in [0.15, 0.2) is 35.1 Å². The maximum absolute atomic E-state index is 4.22. The fourth-order valence-electron chi connectivity index (χ4n) is 1.54. The SMILES string of the molecule is Brc1cnc2[nH]c3ccccc3n12. The van der Waals surface area contributed by atoms with Crippen LogP contribution in [0.3, 0.4) is 0 Å². The molecule has 3 aromatic rings. The molecule has 0 radical (unpaired) electrons. The van der Waals surface area contributed by atoms with E-state index in [2.05, 4.69) is 32.0 Å². The Bertz CT molecular complexity index is 579. The fourth-order valence-corrected chi connectivity index (χ4v) is 2.00. The Kier molecular flexibility index (Phi) is 1.29. The van der Waals surface area contributed by atoms with Crippen molar-refractivity contribution in [2.45, 2.75) is 0 Å². The average Bonchev–Trinajstić information content (AvgIpc) is 2.66. The number of para-hydroxylation sites is 2. The number of aromatic amines is 1. The van der Waals surface area contributed by atoms with E-state index in [1.807, 2.05) is 22.6 Å². The van der Waals surface area contributed by atoms with Crippen molar-refractivity contribution >= 4 is 32.7 Å². The van der Waals surface area contributed by atoms with Crippen molar-refractivity contribution in [2.75, 3.05) is 0 Å². The first-order valence-corrected chi connectivity index (χ1v) is 4.75. The quantitative estimate of drug-likeness (QED) is 0.639. The molecular formula is C9H6BrN3. The van der Waals surface area contributed by atoms with Crippen LogP contribution in [0, 0.1) is 0 Å². The maximum atomic E-state index is 4.22. The first-order chi connectivity index (χ1) is 6.36. The first kappa shape index (κ1) is 7.15. The van der Waals surface area contributed by atoms with Crippen LogP contribution >= 0.6 is 15.9 Å². The van der Waals surface area contributed by atoms with Crippen molar-refractivity contribution in [2.24, 2.45) is 0 Å². The minimum Gasteiger partial charge on any atom is -0.323 e. The molecule has 0 aliphatic heterocycles. The van der Waals surface area contributed by atoms with Crippen molar-refractivity contribution in [3.8, 4) is 0 Å². The van der Waals surface area contributed by atoms with Crippen molar-refractivity contribution in [3.05, 3.63) is 35.1 Å². The molecule has 0 unspecified atom stereocenters. The number of nitrogens with zero attached hydrogens (tertiary/aromatic N) is 2. The summed E-state index contributed by atoms with van der Waals surface area (Å²) in [6, 6.07) is 8.12. The monoisotopic (exact) mass is 235 g/mol. The van der Waals surface area contributed by atoms with Gasteiger partial charge in [-0.1, -0.05) is 12.1 Å². The molecule has 0 atom stereocenters. The Morgan fingerprint density at radius 3 is 3.08 bits per heavy atom. The second-order valence-corrected chi connectivity index (χ2v) is 3.69. The van der Waals surface area contributed by atoms with E-state index in [0.717, 1.165) is 21.4 Å². The predicted octanol–water partition coefficient (Wildman–Crippen LogP) is 2.58. The van der Waals surface area contributed by atoms with Gasteiger partial charge in [-0.25, -0.2) is 4.98 Å². The third-order valence-electron chi connectivity index (χ3n) is 2.11. The summed E-state index contributed by atoms with van der Waals surface area (Å²) in [5.41, 5.74) is 2.24. The molecule has 3 rings (SSSR count). The largest absolute Gasteiger partial charge is 0.323 e. The normalized spacial score (nSPS) is 11.5. The highest BCUT2D eigenvalue weighted by molar-refractivity contribution is 9.10. The van der Waals surface area contributed by atoms with Gasteiger partial charge in [0.15, 0.2) is 0 Å². The van der Waals surface area contributed by atoms with Crippen LogP contribution < -0.4 is 0 Å². The molecule has 64 valence electrons. The van der Waals surface area contributed by atoms with E-state index in [-0.39, 0.29) is 0 Å². The minimum absolute atomic E-state index is 0.869. The lowest BCUT2D eigenvalue weighted by Crippen LogP contribution is -1.77. The molecular weight excluding hydrogens is 230 g/mol. The van der Waals surface area contributed by atoms with Crippen molar-refractivity contribution < 1.29 is 0 Å². The molecule has 3 nitrogen and oxygen atoms in total. The number of hydrogen-bond acceptors (Lipinski definition) is 1. The summed E-state index contributed by atoms with van der Waals surface area (Å²) in [6.07, 6.45) is 1.79. The van der Waals surface area contributed by atoms with Crippen LogP contribution in [0.4, 0.5) is 0 Å². The minimum atomic E-state index is 0.869. The molecule has 0 saturated heterocycles. The summed E-state index contributed by atoms with van der Waals surface area (Å²) in [5.74, 6) is 0.869. The number of benzene rings is 1. The third-order valence-corrected chi connectivity index (χ3v) is 2.67. The van der Waals surface area contributed by atoms with Crippen LogP contribution in [0.1, 0.15) is 0 Å². The Labute approximate surface area is 82.5 Å². The molecule has 2 heterocycles. The number of halogens is 1. The predicted molar refractivity (Wildman–Crippen MR) is 54.7 cm³/mol. The van der Waals surface area contributed by atoms with E-state index >= 15 is 0 Å². The van der Waals surface area contributed by atoms with Gasteiger partial charge in [0.25, 0.3) is 0 Å². The number of rotatable bonds is 0. The zero-order valence-electron chi connectivity index (χ0n) is 6.66. The number of hydrogen-bond donors (Lipinski definition) is 1.